The van der Waals surface area contributed by atoms with Gasteiger partial charge in [0, 0.05) is 5.56 Å². The third kappa shape index (κ3) is 4.36. The molecule has 0 saturated carbocycles. The predicted octanol–water partition coefficient (Wildman–Crippen LogP) is 0.906. The van der Waals surface area contributed by atoms with Crippen molar-refractivity contribution in [2.45, 2.75) is 43.5 Å². The Morgan fingerprint density at radius 1 is 1.00 bits per heavy atom. The van der Waals surface area contributed by atoms with Crippen molar-refractivity contribution in [1.29, 1.82) is 0 Å². The van der Waals surface area contributed by atoms with Crippen LogP contribution in [0.3, 0.4) is 0 Å². The Kier molecular flexibility index (Phi) is 6.56. The minimum absolute atomic E-state index is 0. The Morgan fingerprint density at radius 3 is 2.37 bits per heavy atom. The van der Waals surface area contributed by atoms with Crippen molar-refractivity contribution >= 4 is 0 Å². The van der Waals surface area contributed by atoms with Crippen molar-refractivity contribution in [3.8, 4) is 0 Å². The van der Waals surface area contributed by atoms with Crippen molar-refractivity contribution in [3.05, 3.63) is 71.8 Å². The van der Waals surface area contributed by atoms with Crippen LogP contribution in [-0.4, -0.2) is 47.8 Å². The summed E-state index contributed by atoms with van der Waals surface area (Å²) in [6, 6.07) is 18.7. The quantitative estimate of drug-likeness (QED) is 0.821. The molecule has 2 fully saturated rings. The monoisotopic (exact) mass is 375 g/mol. The first-order valence-corrected chi connectivity index (χ1v) is 8.79. The highest BCUT2D eigenvalue weighted by molar-refractivity contribution is 5.17. The molecule has 0 bridgehead atoms. The van der Waals surface area contributed by atoms with E-state index in [1.54, 1.807) is 0 Å². The molecule has 5 unspecified atom stereocenters. The first-order chi connectivity index (χ1) is 12.7. The third-order valence-electron chi connectivity index (χ3n) is 4.74. The number of rotatable bonds is 4. The Labute approximate surface area is 157 Å². The van der Waals surface area contributed by atoms with Crippen molar-refractivity contribution < 1.29 is 29.5 Å². The van der Waals surface area contributed by atoms with Crippen LogP contribution < -0.4 is 5.73 Å². The van der Waals surface area contributed by atoms with Gasteiger partial charge in [0.15, 0.2) is 12.6 Å². The smallest absolute Gasteiger partial charge is 0.184 e. The summed E-state index contributed by atoms with van der Waals surface area (Å²) in [5, 5.41) is 10.6. The van der Waals surface area contributed by atoms with E-state index in [2.05, 4.69) is 0 Å². The number of ether oxygens (including phenoxy) is 4. The molecular weight excluding hydrogens is 350 g/mol. The Bertz CT molecular complexity index is 698. The molecule has 27 heavy (non-hydrogen) atoms. The van der Waals surface area contributed by atoms with Gasteiger partial charge in [-0.05, 0) is 5.56 Å². The van der Waals surface area contributed by atoms with E-state index in [-0.39, 0.29) is 5.48 Å². The fourth-order valence-corrected chi connectivity index (χ4v) is 3.29. The number of aliphatic hydroxyl groups is 1. The van der Waals surface area contributed by atoms with E-state index in [9.17, 15) is 5.11 Å². The minimum Gasteiger partial charge on any atom is -0.412 e. The topological polar surface area (TPSA) is 115 Å². The van der Waals surface area contributed by atoms with Gasteiger partial charge in [-0.2, -0.15) is 0 Å². The second-order valence-electron chi connectivity index (χ2n) is 6.58. The predicted molar refractivity (Wildman–Crippen MR) is 97.5 cm³/mol. The van der Waals surface area contributed by atoms with E-state index in [0.29, 0.717) is 13.2 Å². The maximum absolute atomic E-state index is 10.6. The highest BCUT2D eigenvalue weighted by atomic mass is 16.7. The van der Waals surface area contributed by atoms with E-state index in [1.165, 1.54) is 0 Å². The number of fused-ring (bicyclic) bond motifs is 1. The summed E-state index contributed by atoms with van der Waals surface area (Å²) in [4.78, 5) is 0. The average molecular weight is 375 g/mol. The van der Waals surface area contributed by atoms with Gasteiger partial charge < -0.3 is 35.3 Å². The fraction of sp³-hybridized carbons (Fsp3) is 0.400. The summed E-state index contributed by atoms with van der Waals surface area (Å²) in [6.45, 7) is 0.664. The lowest BCUT2D eigenvalue weighted by Crippen LogP contribution is -2.64. The number of nitrogens with two attached hydrogens (primary N) is 1. The van der Waals surface area contributed by atoms with Crippen LogP contribution in [0.4, 0.5) is 0 Å². The van der Waals surface area contributed by atoms with Crippen LogP contribution in [0.2, 0.25) is 0 Å². The Balaban J connectivity index is 0.00000210. The van der Waals surface area contributed by atoms with E-state index in [0.717, 1.165) is 11.1 Å². The zero-order valence-electron chi connectivity index (χ0n) is 14.8. The maximum Gasteiger partial charge on any atom is 0.184 e. The summed E-state index contributed by atoms with van der Waals surface area (Å²) in [5.41, 5.74) is 8.07. The van der Waals surface area contributed by atoms with Crippen LogP contribution in [0.5, 0.6) is 0 Å². The molecule has 2 aliphatic rings. The molecule has 2 aromatic carbocycles. The van der Waals surface area contributed by atoms with Gasteiger partial charge >= 0.3 is 0 Å². The Hall–Kier alpha value is -1.84. The van der Waals surface area contributed by atoms with E-state index in [4.69, 9.17) is 24.7 Å². The molecule has 146 valence electrons. The lowest BCUT2D eigenvalue weighted by Gasteiger charge is -2.46. The standard InChI is InChI=1S/C20H23NO5.H2O/c21-16-17(22)18-15(12-24-19(26-18)14-9-5-2-6-10-14)25-20(16)23-11-13-7-3-1-4-8-13;/h1-10,15-20,22H,11-12,21H2;1H2/t15?,16?,17?,18-,19?,20?;/m0./s1. The fourth-order valence-electron chi connectivity index (χ4n) is 3.29. The van der Waals surface area contributed by atoms with E-state index in [1.807, 2.05) is 60.7 Å². The van der Waals surface area contributed by atoms with Gasteiger partial charge in [0.25, 0.3) is 0 Å². The molecule has 0 spiro atoms. The molecule has 7 nitrogen and oxygen atoms in total. The van der Waals surface area contributed by atoms with Crippen LogP contribution >= 0.6 is 0 Å². The first-order valence-electron chi connectivity index (χ1n) is 8.79. The normalized spacial score (nSPS) is 33.0. The average Bonchev–Trinajstić information content (AvgIpc) is 2.71. The molecule has 0 aliphatic carbocycles. The molecule has 2 aromatic rings. The van der Waals surface area contributed by atoms with Crippen molar-refractivity contribution in [2.24, 2.45) is 5.73 Å². The van der Waals surface area contributed by atoms with Gasteiger partial charge in [-0.25, -0.2) is 0 Å². The summed E-state index contributed by atoms with van der Waals surface area (Å²) in [6.07, 6.45) is -3.13. The maximum atomic E-state index is 10.6. The van der Waals surface area contributed by atoms with Crippen LogP contribution in [0, 0.1) is 0 Å². The van der Waals surface area contributed by atoms with Gasteiger partial charge in [0.1, 0.15) is 18.3 Å². The molecule has 0 radical (unpaired) electrons. The summed E-state index contributed by atoms with van der Waals surface area (Å²) in [5.74, 6) is 0. The lowest BCUT2D eigenvalue weighted by atomic mass is 9.96. The molecule has 2 saturated heterocycles. The van der Waals surface area contributed by atoms with Crippen LogP contribution in [0.1, 0.15) is 17.4 Å². The van der Waals surface area contributed by atoms with Gasteiger partial charge in [-0.1, -0.05) is 60.7 Å². The zero-order chi connectivity index (χ0) is 17.9. The molecule has 0 amide bonds. The van der Waals surface area contributed by atoms with Gasteiger partial charge in [0.05, 0.1) is 19.3 Å². The summed E-state index contributed by atoms with van der Waals surface area (Å²) in [7, 11) is 0. The third-order valence-corrected chi connectivity index (χ3v) is 4.74. The number of hydrogen-bond acceptors (Lipinski definition) is 6. The second-order valence-corrected chi connectivity index (χ2v) is 6.58. The van der Waals surface area contributed by atoms with Crippen LogP contribution in [0.15, 0.2) is 60.7 Å². The molecule has 7 heteroatoms. The molecule has 2 heterocycles. The zero-order valence-corrected chi connectivity index (χ0v) is 14.8. The van der Waals surface area contributed by atoms with Crippen molar-refractivity contribution in [3.63, 3.8) is 0 Å². The molecule has 6 atom stereocenters. The van der Waals surface area contributed by atoms with Gasteiger partial charge in [-0.3, -0.25) is 0 Å². The van der Waals surface area contributed by atoms with Gasteiger partial charge in [0.2, 0.25) is 0 Å². The molecule has 2 aliphatic heterocycles. The summed E-state index contributed by atoms with van der Waals surface area (Å²) < 4.78 is 23.4. The molecular formula is C20H25NO6. The number of benzene rings is 2. The molecule has 0 aromatic heterocycles. The molecule has 4 rings (SSSR count). The minimum atomic E-state index is -0.898. The van der Waals surface area contributed by atoms with Crippen LogP contribution in [-0.2, 0) is 25.6 Å². The lowest BCUT2D eigenvalue weighted by molar-refractivity contribution is -0.343. The van der Waals surface area contributed by atoms with Crippen molar-refractivity contribution in [1.82, 2.24) is 0 Å². The Morgan fingerprint density at radius 2 is 1.67 bits per heavy atom. The number of hydrogen-bond donors (Lipinski definition) is 2. The second kappa shape index (κ2) is 8.90. The SMILES string of the molecule is NC1C(OCc2ccccc2)OC2COC(c3ccccc3)O[C@@H]2C1O.O. The van der Waals surface area contributed by atoms with Gasteiger partial charge in [-0.15, -0.1) is 0 Å². The highest BCUT2D eigenvalue weighted by Gasteiger charge is 2.48. The van der Waals surface area contributed by atoms with E-state index < -0.39 is 36.9 Å². The highest BCUT2D eigenvalue weighted by Crippen LogP contribution is 2.33. The van der Waals surface area contributed by atoms with Crippen LogP contribution in [0.25, 0.3) is 0 Å². The number of aliphatic hydroxyl groups excluding tert-OH is 1. The molecule has 5 N–H and O–H groups in total. The largest absolute Gasteiger partial charge is 0.412 e. The first kappa shape index (κ1) is 19.9. The van der Waals surface area contributed by atoms with Crippen molar-refractivity contribution in [2.75, 3.05) is 6.61 Å². The van der Waals surface area contributed by atoms with E-state index >= 15 is 0 Å². The summed E-state index contributed by atoms with van der Waals surface area (Å²) >= 11 is 0.